The van der Waals surface area contributed by atoms with Crippen LogP contribution < -0.4 is 10.6 Å². The highest BCUT2D eigenvalue weighted by Gasteiger charge is 2.11. The molecule has 1 aromatic carbocycles. The molecular formula is C12H14N6. The number of aromatic amines is 2. The molecule has 0 spiro atoms. The van der Waals surface area contributed by atoms with Gasteiger partial charge in [0.15, 0.2) is 11.5 Å². The van der Waals surface area contributed by atoms with E-state index in [1.54, 1.807) is 6.20 Å². The van der Waals surface area contributed by atoms with Crippen molar-refractivity contribution < 1.29 is 0 Å². The van der Waals surface area contributed by atoms with Gasteiger partial charge in [0, 0.05) is 26.0 Å². The molecule has 92 valence electrons. The summed E-state index contributed by atoms with van der Waals surface area (Å²) in [5, 5.41) is 6.81. The van der Waals surface area contributed by atoms with Gasteiger partial charge in [-0.25, -0.2) is 4.98 Å². The van der Waals surface area contributed by atoms with E-state index in [9.17, 15) is 0 Å². The highest BCUT2D eigenvalue weighted by Crippen LogP contribution is 2.25. The SMILES string of the molecule is CN(C)c1ccc2[nH]c(-c3n[nH]cc3N)nc2c1. The van der Waals surface area contributed by atoms with E-state index in [-0.39, 0.29) is 0 Å². The van der Waals surface area contributed by atoms with Crippen molar-refractivity contribution in [3.8, 4) is 11.5 Å². The first-order valence-corrected chi connectivity index (χ1v) is 5.62. The zero-order valence-electron chi connectivity index (χ0n) is 10.2. The fourth-order valence-corrected chi connectivity index (χ4v) is 1.87. The number of hydrogen-bond acceptors (Lipinski definition) is 4. The second-order valence-corrected chi connectivity index (χ2v) is 4.37. The maximum atomic E-state index is 5.81. The molecule has 0 aliphatic heterocycles. The molecule has 0 saturated carbocycles. The average molecular weight is 242 g/mol. The normalized spacial score (nSPS) is 11.0. The molecule has 2 heterocycles. The molecule has 0 bridgehead atoms. The predicted molar refractivity (Wildman–Crippen MR) is 72.4 cm³/mol. The summed E-state index contributed by atoms with van der Waals surface area (Å²) in [5.74, 6) is 0.680. The third kappa shape index (κ3) is 1.58. The van der Waals surface area contributed by atoms with Crippen molar-refractivity contribution >= 4 is 22.4 Å². The molecule has 0 amide bonds. The molecule has 3 aromatic rings. The molecule has 6 nitrogen and oxygen atoms in total. The minimum absolute atomic E-state index is 0.585. The Hall–Kier alpha value is -2.50. The molecule has 6 heteroatoms. The molecule has 18 heavy (non-hydrogen) atoms. The van der Waals surface area contributed by atoms with Gasteiger partial charge in [-0.2, -0.15) is 5.10 Å². The Morgan fingerprint density at radius 2 is 2.11 bits per heavy atom. The van der Waals surface area contributed by atoms with E-state index >= 15 is 0 Å². The molecular weight excluding hydrogens is 228 g/mol. The average Bonchev–Trinajstić information content (AvgIpc) is 2.92. The van der Waals surface area contributed by atoms with Crippen molar-refractivity contribution in [2.45, 2.75) is 0 Å². The smallest absolute Gasteiger partial charge is 0.161 e. The largest absolute Gasteiger partial charge is 0.396 e. The van der Waals surface area contributed by atoms with Crippen LogP contribution in [0.15, 0.2) is 24.4 Å². The number of benzene rings is 1. The quantitative estimate of drug-likeness (QED) is 0.637. The van der Waals surface area contributed by atoms with E-state index in [1.807, 2.05) is 37.2 Å². The highest BCUT2D eigenvalue weighted by atomic mass is 15.1. The summed E-state index contributed by atoms with van der Waals surface area (Å²) >= 11 is 0. The third-order valence-corrected chi connectivity index (χ3v) is 2.88. The summed E-state index contributed by atoms with van der Waals surface area (Å²) in [7, 11) is 4.00. The highest BCUT2D eigenvalue weighted by molar-refractivity contribution is 5.83. The number of imidazole rings is 1. The van der Waals surface area contributed by atoms with Crippen LogP contribution in [0.3, 0.4) is 0 Å². The molecule has 2 aromatic heterocycles. The van der Waals surface area contributed by atoms with Crippen molar-refractivity contribution in [2.24, 2.45) is 0 Å². The zero-order chi connectivity index (χ0) is 12.7. The summed E-state index contributed by atoms with van der Waals surface area (Å²) in [5.41, 5.74) is 10.0. The lowest BCUT2D eigenvalue weighted by molar-refractivity contribution is 1.08. The maximum absolute atomic E-state index is 5.81. The number of fused-ring (bicyclic) bond motifs is 1. The number of rotatable bonds is 2. The van der Waals surface area contributed by atoms with Crippen LogP contribution in [-0.4, -0.2) is 34.3 Å². The van der Waals surface area contributed by atoms with Gasteiger partial charge in [-0.3, -0.25) is 5.10 Å². The van der Waals surface area contributed by atoms with E-state index in [0.717, 1.165) is 16.7 Å². The Balaban J connectivity index is 2.14. The summed E-state index contributed by atoms with van der Waals surface area (Å²) in [4.78, 5) is 9.77. The summed E-state index contributed by atoms with van der Waals surface area (Å²) < 4.78 is 0. The van der Waals surface area contributed by atoms with Gasteiger partial charge in [-0.1, -0.05) is 0 Å². The van der Waals surface area contributed by atoms with Gasteiger partial charge in [0.2, 0.25) is 0 Å². The zero-order valence-corrected chi connectivity index (χ0v) is 10.2. The Kier molecular flexibility index (Phi) is 2.22. The number of hydrogen-bond donors (Lipinski definition) is 3. The lowest BCUT2D eigenvalue weighted by Crippen LogP contribution is -2.07. The van der Waals surface area contributed by atoms with Gasteiger partial charge in [0.05, 0.1) is 16.7 Å². The van der Waals surface area contributed by atoms with Crippen molar-refractivity contribution in [1.29, 1.82) is 0 Å². The minimum Gasteiger partial charge on any atom is -0.396 e. The van der Waals surface area contributed by atoms with Crippen LogP contribution >= 0.6 is 0 Å². The van der Waals surface area contributed by atoms with Crippen LogP contribution in [0.4, 0.5) is 11.4 Å². The lowest BCUT2D eigenvalue weighted by Gasteiger charge is -2.11. The fourth-order valence-electron chi connectivity index (χ4n) is 1.87. The van der Waals surface area contributed by atoms with Crippen LogP contribution in [0.1, 0.15) is 0 Å². The molecule has 4 N–H and O–H groups in total. The monoisotopic (exact) mass is 242 g/mol. The number of aromatic nitrogens is 4. The van der Waals surface area contributed by atoms with Crippen molar-refractivity contribution in [2.75, 3.05) is 24.7 Å². The fraction of sp³-hybridized carbons (Fsp3) is 0.167. The maximum Gasteiger partial charge on any atom is 0.161 e. The molecule has 0 saturated heterocycles. The van der Waals surface area contributed by atoms with Crippen molar-refractivity contribution in [3.63, 3.8) is 0 Å². The third-order valence-electron chi connectivity index (χ3n) is 2.88. The van der Waals surface area contributed by atoms with Crippen LogP contribution in [0.2, 0.25) is 0 Å². The van der Waals surface area contributed by atoms with E-state index in [0.29, 0.717) is 17.2 Å². The van der Waals surface area contributed by atoms with Crippen molar-refractivity contribution in [1.82, 2.24) is 20.2 Å². The Labute approximate surface area is 104 Å². The topological polar surface area (TPSA) is 86.6 Å². The summed E-state index contributed by atoms with van der Waals surface area (Å²) in [6, 6.07) is 6.07. The molecule has 0 fully saturated rings. The number of anilines is 2. The lowest BCUT2D eigenvalue weighted by atomic mass is 10.2. The van der Waals surface area contributed by atoms with Gasteiger partial charge in [-0.15, -0.1) is 0 Å². The number of nitrogens with two attached hydrogens (primary N) is 1. The second-order valence-electron chi connectivity index (χ2n) is 4.37. The standard InChI is InChI=1S/C12H14N6/c1-18(2)7-3-4-9-10(5-7)16-12(15-9)11-8(13)6-14-17-11/h3-6H,13H2,1-2H3,(H,14,17)(H,15,16). The van der Waals surface area contributed by atoms with E-state index in [4.69, 9.17) is 5.73 Å². The van der Waals surface area contributed by atoms with Crippen molar-refractivity contribution in [3.05, 3.63) is 24.4 Å². The van der Waals surface area contributed by atoms with Crippen LogP contribution in [0.5, 0.6) is 0 Å². The summed E-state index contributed by atoms with van der Waals surface area (Å²) in [6.07, 6.45) is 1.65. The Morgan fingerprint density at radius 1 is 1.28 bits per heavy atom. The van der Waals surface area contributed by atoms with Gasteiger partial charge in [0.1, 0.15) is 0 Å². The number of nitrogen functional groups attached to an aromatic ring is 1. The first-order valence-electron chi connectivity index (χ1n) is 5.62. The number of nitrogens with zero attached hydrogens (tertiary/aromatic N) is 3. The molecule has 0 unspecified atom stereocenters. The van der Waals surface area contributed by atoms with Gasteiger partial charge < -0.3 is 15.6 Å². The first-order chi connectivity index (χ1) is 8.65. The molecule has 0 aliphatic carbocycles. The second kappa shape index (κ2) is 3.76. The van der Waals surface area contributed by atoms with Gasteiger partial charge in [-0.05, 0) is 18.2 Å². The van der Waals surface area contributed by atoms with E-state index < -0.39 is 0 Å². The van der Waals surface area contributed by atoms with Gasteiger partial charge in [0.25, 0.3) is 0 Å². The van der Waals surface area contributed by atoms with Crippen LogP contribution in [0, 0.1) is 0 Å². The number of H-pyrrole nitrogens is 2. The van der Waals surface area contributed by atoms with Crippen LogP contribution in [0.25, 0.3) is 22.6 Å². The molecule has 0 radical (unpaired) electrons. The first kappa shape index (κ1) is 10.6. The Bertz CT molecular complexity index is 693. The Morgan fingerprint density at radius 3 is 2.78 bits per heavy atom. The van der Waals surface area contributed by atoms with Gasteiger partial charge >= 0.3 is 0 Å². The van der Waals surface area contributed by atoms with E-state index in [1.165, 1.54) is 0 Å². The predicted octanol–water partition coefficient (Wildman–Crippen LogP) is 1.60. The molecule has 0 atom stereocenters. The van der Waals surface area contributed by atoms with E-state index in [2.05, 4.69) is 20.2 Å². The molecule has 3 rings (SSSR count). The number of nitrogens with one attached hydrogen (secondary N) is 2. The summed E-state index contributed by atoms with van der Waals surface area (Å²) in [6.45, 7) is 0. The molecule has 0 aliphatic rings. The van der Waals surface area contributed by atoms with Crippen LogP contribution in [-0.2, 0) is 0 Å². The minimum atomic E-state index is 0.585.